The minimum absolute atomic E-state index is 0.0734. The predicted octanol–water partition coefficient (Wildman–Crippen LogP) is 0.213. The van der Waals surface area contributed by atoms with Gasteiger partial charge in [0.1, 0.15) is 0 Å². The first kappa shape index (κ1) is 20.2. The van der Waals surface area contributed by atoms with Gasteiger partial charge in [0.25, 0.3) is 5.91 Å². The number of carbonyl (C=O) groups is 2. The zero-order valence-corrected chi connectivity index (χ0v) is 17.7. The molecule has 2 amide bonds. The third kappa shape index (κ3) is 3.13. The Balaban J connectivity index is 1.60. The van der Waals surface area contributed by atoms with E-state index in [9.17, 15) is 18.0 Å². The number of hydrogen-bond donors (Lipinski definition) is 0. The van der Waals surface area contributed by atoms with Crippen LogP contribution in [-0.4, -0.2) is 90.1 Å². The van der Waals surface area contributed by atoms with Crippen LogP contribution in [0.5, 0.6) is 0 Å². The number of piperidine rings is 1. The van der Waals surface area contributed by atoms with Crippen LogP contribution in [0.25, 0.3) is 0 Å². The molecule has 1 aromatic heterocycles. The maximum Gasteiger partial charge on any atom is 0.255 e. The molecule has 3 aliphatic heterocycles. The van der Waals surface area contributed by atoms with Crippen molar-refractivity contribution in [3.63, 3.8) is 0 Å². The SMILES string of the molecule is CCN1CC[C@]2(CN(S(C)(=O)=O)CC23CCN(C(=O)c2ccnnc2)CC3)C1=O. The molecule has 1 atom stereocenters. The van der Waals surface area contributed by atoms with Gasteiger partial charge in [-0.2, -0.15) is 10.2 Å². The molecule has 0 bridgehead atoms. The summed E-state index contributed by atoms with van der Waals surface area (Å²) in [6.07, 6.45) is 6.07. The van der Waals surface area contributed by atoms with Crippen LogP contribution in [0.15, 0.2) is 18.5 Å². The molecule has 0 radical (unpaired) electrons. The molecule has 3 aliphatic rings. The highest BCUT2D eigenvalue weighted by molar-refractivity contribution is 7.88. The van der Waals surface area contributed by atoms with Crippen LogP contribution in [0.3, 0.4) is 0 Å². The molecule has 0 aliphatic carbocycles. The minimum Gasteiger partial charge on any atom is -0.342 e. The van der Waals surface area contributed by atoms with Gasteiger partial charge in [0.15, 0.2) is 0 Å². The highest BCUT2D eigenvalue weighted by atomic mass is 32.2. The maximum atomic E-state index is 13.4. The fourth-order valence-corrected chi connectivity index (χ4v) is 6.34. The number of carbonyl (C=O) groups excluding carboxylic acids is 2. The van der Waals surface area contributed by atoms with Crippen molar-refractivity contribution in [3.8, 4) is 0 Å². The molecule has 0 unspecified atom stereocenters. The average molecular weight is 422 g/mol. The van der Waals surface area contributed by atoms with Gasteiger partial charge < -0.3 is 9.80 Å². The van der Waals surface area contributed by atoms with E-state index in [0.717, 1.165) is 0 Å². The van der Waals surface area contributed by atoms with Crippen molar-refractivity contribution in [2.75, 3.05) is 45.5 Å². The number of rotatable bonds is 3. The first-order chi connectivity index (χ1) is 13.7. The van der Waals surface area contributed by atoms with Crippen LogP contribution in [0.4, 0.5) is 0 Å². The largest absolute Gasteiger partial charge is 0.342 e. The molecule has 1 aromatic rings. The third-order valence-electron chi connectivity index (χ3n) is 7.14. The van der Waals surface area contributed by atoms with E-state index in [2.05, 4.69) is 10.2 Å². The number of sulfonamides is 1. The summed E-state index contributed by atoms with van der Waals surface area (Å²) < 4.78 is 26.2. The van der Waals surface area contributed by atoms with Gasteiger partial charge in [-0.3, -0.25) is 9.59 Å². The Labute approximate surface area is 171 Å². The lowest BCUT2D eigenvalue weighted by molar-refractivity contribution is -0.141. The minimum atomic E-state index is -3.39. The van der Waals surface area contributed by atoms with Crippen molar-refractivity contribution in [1.82, 2.24) is 24.3 Å². The lowest BCUT2D eigenvalue weighted by Crippen LogP contribution is -2.53. The third-order valence-corrected chi connectivity index (χ3v) is 8.33. The van der Waals surface area contributed by atoms with Crippen LogP contribution in [-0.2, 0) is 14.8 Å². The van der Waals surface area contributed by atoms with E-state index in [4.69, 9.17) is 0 Å². The lowest BCUT2D eigenvalue weighted by atomic mass is 9.60. The Kier molecular flexibility index (Phi) is 4.89. The monoisotopic (exact) mass is 421 g/mol. The normalized spacial score (nSPS) is 27.3. The van der Waals surface area contributed by atoms with Gasteiger partial charge in [-0.1, -0.05) is 0 Å². The highest BCUT2D eigenvalue weighted by Gasteiger charge is 2.66. The molecule has 0 N–H and O–H groups in total. The van der Waals surface area contributed by atoms with Crippen LogP contribution >= 0.6 is 0 Å². The maximum absolute atomic E-state index is 13.4. The van der Waals surface area contributed by atoms with Gasteiger partial charge in [0.05, 0.1) is 29.6 Å². The van der Waals surface area contributed by atoms with E-state index in [1.807, 2.05) is 11.8 Å². The summed E-state index contributed by atoms with van der Waals surface area (Å²) >= 11 is 0. The van der Waals surface area contributed by atoms with E-state index in [-0.39, 0.29) is 18.4 Å². The molecule has 9 nitrogen and oxygen atoms in total. The van der Waals surface area contributed by atoms with Gasteiger partial charge in [-0.25, -0.2) is 12.7 Å². The summed E-state index contributed by atoms with van der Waals surface area (Å²) in [7, 11) is -3.39. The van der Waals surface area contributed by atoms with Crippen LogP contribution in [0.1, 0.15) is 36.5 Å². The van der Waals surface area contributed by atoms with Gasteiger partial charge in [-0.15, -0.1) is 0 Å². The smallest absolute Gasteiger partial charge is 0.255 e. The van der Waals surface area contributed by atoms with Gasteiger partial charge >= 0.3 is 0 Å². The fourth-order valence-electron chi connectivity index (χ4n) is 5.40. The van der Waals surface area contributed by atoms with E-state index >= 15 is 0 Å². The number of amides is 2. The molecule has 3 fully saturated rings. The molecule has 4 heterocycles. The first-order valence-electron chi connectivity index (χ1n) is 10.0. The van der Waals surface area contributed by atoms with Crippen molar-refractivity contribution in [2.24, 2.45) is 10.8 Å². The zero-order valence-electron chi connectivity index (χ0n) is 16.9. The van der Waals surface area contributed by atoms with Crippen molar-refractivity contribution in [1.29, 1.82) is 0 Å². The van der Waals surface area contributed by atoms with Gasteiger partial charge in [-0.05, 0) is 32.3 Å². The molecule has 10 heteroatoms. The van der Waals surface area contributed by atoms with E-state index < -0.39 is 20.9 Å². The van der Waals surface area contributed by atoms with Gasteiger partial charge in [0.2, 0.25) is 15.9 Å². The zero-order chi connectivity index (χ0) is 20.9. The van der Waals surface area contributed by atoms with Crippen molar-refractivity contribution >= 4 is 21.8 Å². The molecule has 3 saturated heterocycles. The number of aromatic nitrogens is 2. The lowest BCUT2D eigenvalue weighted by Gasteiger charge is -2.46. The quantitative estimate of drug-likeness (QED) is 0.691. The van der Waals surface area contributed by atoms with E-state index in [0.29, 0.717) is 57.5 Å². The predicted molar refractivity (Wildman–Crippen MR) is 105 cm³/mol. The standard InChI is InChI=1S/C19H27N5O4S/c1-3-22-11-7-19(17(22)26)14-24(29(2,27)28)13-18(19)5-9-23(10-6-18)16(25)15-4-8-20-21-12-15/h4,8,12H,3,5-7,9-11,13-14H2,1-2H3/t19-/m0/s1. The number of likely N-dealkylation sites (tertiary alicyclic amines) is 2. The molecule has 2 spiro atoms. The number of hydrogen-bond acceptors (Lipinski definition) is 6. The Morgan fingerprint density at radius 1 is 1.14 bits per heavy atom. The molecular formula is C19H27N5O4S. The van der Waals surface area contributed by atoms with Gasteiger partial charge in [0, 0.05) is 44.7 Å². The fraction of sp³-hybridized carbons (Fsp3) is 0.684. The first-order valence-corrected chi connectivity index (χ1v) is 11.9. The second kappa shape index (κ2) is 7.02. The summed E-state index contributed by atoms with van der Waals surface area (Å²) in [5, 5.41) is 7.48. The highest BCUT2D eigenvalue weighted by Crippen LogP contribution is 2.58. The van der Waals surface area contributed by atoms with E-state index in [1.54, 1.807) is 11.0 Å². The van der Waals surface area contributed by atoms with Crippen LogP contribution in [0.2, 0.25) is 0 Å². The Morgan fingerprint density at radius 2 is 1.86 bits per heavy atom. The summed E-state index contributed by atoms with van der Waals surface area (Å²) in [5.41, 5.74) is -0.618. The average Bonchev–Trinajstić information content (AvgIpc) is 3.21. The molecule has 29 heavy (non-hydrogen) atoms. The molecule has 0 aromatic carbocycles. The summed E-state index contributed by atoms with van der Waals surface area (Å²) in [6.45, 7) is 4.86. The van der Waals surface area contributed by atoms with E-state index in [1.165, 1.54) is 23.0 Å². The van der Waals surface area contributed by atoms with Crippen LogP contribution < -0.4 is 0 Å². The molecular weight excluding hydrogens is 394 g/mol. The summed E-state index contributed by atoms with van der Waals surface area (Å²) in [6, 6.07) is 1.64. The second-order valence-electron chi connectivity index (χ2n) is 8.45. The van der Waals surface area contributed by atoms with Crippen molar-refractivity contribution < 1.29 is 18.0 Å². The number of fused-ring (bicyclic) bond motifs is 1. The second-order valence-corrected chi connectivity index (χ2v) is 10.4. The Morgan fingerprint density at radius 3 is 2.41 bits per heavy atom. The molecule has 158 valence electrons. The van der Waals surface area contributed by atoms with Crippen LogP contribution in [0, 0.1) is 10.8 Å². The molecule has 0 saturated carbocycles. The Hall–Kier alpha value is -2.07. The Bertz CT molecular complexity index is 914. The topological polar surface area (TPSA) is 104 Å². The van der Waals surface area contributed by atoms with Crippen molar-refractivity contribution in [3.05, 3.63) is 24.0 Å². The molecule has 4 rings (SSSR count). The van der Waals surface area contributed by atoms with Crippen molar-refractivity contribution in [2.45, 2.75) is 26.2 Å². The summed E-state index contributed by atoms with van der Waals surface area (Å²) in [4.78, 5) is 29.7. The number of nitrogens with zero attached hydrogens (tertiary/aromatic N) is 5. The summed E-state index contributed by atoms with van der Waals surface area (Å²) in [5.74, 6) is -0.0287.